The summed E-state index contributed by atoms with van der Waals surface area (Å²) in [4.78, 5) is 17.0. The summed E-state index contributed by atoms with van der Waals surface area (Å²) in [5.74, 6) is -0.223. The van der Waals surface area contributed by atoms with E-state index in [1.165, 1.54) is 11.3 Å². The highest BCUT2D eigenvalue weighted by atomic mass is 35.5. The minimum absolute atomic E-state index is 0.223. The quantitative estimate of drug-likeness (QED) is 0.668. The van der Waals surface area contributed by atoms with Crippen LogP contribution in [0.2, 0.25) is 15.1 Å². The number of halogens is 3. The number of benzene rings is 1. The standard InChI is InChI=1S/C16H11Cl3N2OS/c17-9-7-11(18)13-12(8-9)23-15(14(13)19)16(22)21-6-4-10-3-1-2-5-20-10/h1-3,5,7-8H,4,6H2,(H,21,22). The maximum absolute atomic E-state index is 12.3. The van der Waals surface area contributed by atoms with Gasteiger partial charge in [0.25, 0.3) is 5.91 Å². The Kier molecular flexibility index (Phi) is 5.07. The van der Waals surface area contributed by atoms with E-state index in [2.05, 4.69) is 10.3 Å². The number of hydrogen-bond donors (Lipinski definition) is 1. The second-order valence-electron chi connectivity index (χ2n) is 4.83. The van der Waals surface area contributed by atoms with Gasteiger partial charge in [0, 0.05) is 40.0 Å². The van der Waals surface area contributed by atoms with Gasteiger partial charge in [-0.3, -0.25) is 9.78 Å². The molecule has 2 aromatic heterocycles. The van der Waals surface area contributed by atoms with Crippen LogP contribution in [0.3, 0.4) is 0 Å². The van der Waals surface area contributed by atoms with Crippen molar-refractivity contribution in [3.8, 4) is 0 Å². The summed E-state index contributed by atoms with van der Waals surface area (Å²) in [5.41, 5.74) is 0.921. The van der Waals surface area contributed by atoms with E-state index in [1.807, 2.05) is 18.2 Å². The zero-order valence-corrected chi connectivity index (χ0v) is 14.9. The Morgan fingerprint density at radius 2 is 2.04 bits per heavy atom. The van der Waals surface area contributed by atoms with Gasteiger partial charge in [-0.05, 0) is 24.3 Å². The minimum atomic E-state index is -0.223. The van der Waals surface area contributed by atoms with E-state index in [0.717, 1.165) is 10.4 Å². The third-order valence-corrected chi connectivity index (χ3v) is 5.39. The van der Waals surface area contributed by atoms with Crippen LogP contribution in [0.25, 0.3) is 10.1 Å². The Bertz CT molecular complexity index is 865. The fourth-order valence-electron chi connectivity index (χ4n) is 2.19. The van der Waals surface area contributed by atoms with Crippen LogP contribution in [-0.2, 0) is 6.42 Å². The van der Waals surface area contributed by atoms with Crippen LogP contribution in [-0.4, -0.2) is 17.4 Å². The zero-order chi connectivity index (χ0) is 16.4. The first-order valence-corrected chi connectivity index (χ1v) is 8.76. The van der Waals surface area contributed by atoms with Crippen LogP contribution in [0.1, 0.15) is 15.4 Å². The SMILES string of the molecule is O=C(NCCc1ccccn1)c1sc2cc(Cl)cc(Cl)c2c1Cl. The van der Waals surface area contributed by atoms with E-state index in [9.17, 15) is 4.79 Å². The molecule has 0 saturated heterocycles. The highest BCUT2D eigenvalue weighted by Gasteiger charge is 2.19. The van der Waals surface area contributed by atoms with Gasteiger partial charge in [-0.1, -0.05) is 40.9 Å². The Morgan fingerprint density at radius 3 is 2.78 bits per heavy atom. The van der Waals surface area contributed by atoms with Crippen LogP contribution in [0.15, 0.2) is 36.5 Å². The van der Waals surface area contributed by atoms with Gasteiger partial charge in [0.05, 0.1) is 10.0 Å². The average Bonchev–Trinajstić information content (AvgIpc) is 2.85. The lowest BCUT2D eigenvalue weighted by atomic mass is 10.2. The summed E-state index contributed by atoms with van der Waals surface area (Å²) in [6.45, 7) is 0.481. The molecular formula is C16H11Cl3N2OS. The molecule has 0 unspecified atom stereocenters. The number of hydrogen-bond acceptors (Lipinski definition) is 3. The molecule has 1 amide bonds. The van der Waals surface area contributed by atoms with Crippen molar-refractivity contribution in [1.29, 1.82) is 0 Å². The monoisotopic (exact) mass is 384 g/mol. The number of amides is 1. The maximum atomic E-state index is 12.3. The predicted molar refractivity (Wildman–Crippen MR) is 97.1 cm³/mol. The summed E-state index contributed by atoms with van der Waals surface area (Å²) < 4.78 is 0.794. The van der Waals surface area contributed by atoms with Crippen LogP contribution in [0.4, 0.5) is 0 Å². The molecule has 3 rings (SSSR count). The number of pyridine rings is 1. The third-order valence-electron chi connectivity index (χ3n) is 3.25. The maximum Gasteiger partial charge on any atom is 0.262 e. The lowest BCUT2D eigenvalue weighted by Crippen LogP contribution is -2.25. The molecule has 7 heteroatoms. The number of rotatable bonds is 4. The molecule has 0 aliphatic heterocycles. The molecular weight excluding hydrogens is 375 g/mol. The third kappa shape index (κ3) is 3.61. The van der Waals surface area contributed by atoms with Gasteiger partial charge in [-0.15, -0.1) is 11.3 Å². The zero-order valence-electron chi connectivity index (χ0n) is 11.8. The number of carbonyl (C=O) groups is 1. The number of thiophene rings is 1. The minimum Gasteiger partial charge on any atom is -0.351 e. The van der Waals surface area contributed by atoms with E-state index < -0.39 is 0 Å². The van der Waals surface area contributed by atoms with Crippen LogP contribution >= 0.6 is 46.1 Å². The number of fused-ring (bicyclic) bond motifs is 1. The molecule has 1 N–H and O–H groups in total. The van der Waals surface area contributed by atoms with Gasteiger partial charge >= 0.3 is 0 Å². The molecule has 23 heavy (non-hydrogen) atoms. The molecule has 0 spiro atoms. The fraction of sp³-hybridized carbons (Fsp3) is 0.125. The van der Waals surface area contributed by atoms with Crippen LogP contribution in [0, 0.1) is 0 Å². The lowest BCUT2D eigenvalue weighted by molar-refractivity contribution is 0.0958. The predicted octanol–water partition coefficient (Wildman–Crippen LogP) is 5.23. The van der Waals surface area contributed by atoms with E-state index >= 15 is 0 Å². The van der Waals surface area contributed by atoms with Crippen molar-refractivity contribution >= 4 is 62.1 Å². The average molecular weight is 386 g/mol. The summed E-state index contributed by atoms with van der Waals surface area (Å²) in [5, 5.41) is 4.84. The molecule has 118 valence electrons. The van der Waals surface area contributed by atoms with E-state index in [0.29, 0.717) is 38.3 Å². The number of nitrogens with one attached hydrogen (secondary N) is 1. The summed E-state index contributed by atoms with van der Waals surface area (Å²) in [6.07, 6.45) is 2.38. The molecule has 3 aromatic rings. The largest absolute Gasteiger partial charge is 0.351 e. The van der Waals surface area contributed by atoms with Gasteiger partial charge < -0.3 is 5.32 Å². The van der Waals surface area contributed by atoms with E-state index in [1.54, 1.807) is 18.3 Å². The number of nitrogens with zero attached hydrogens (tertiary/aromatic N) is 1. The number of carbonyl (C=O) groups excluding carboxylic acids is 1. The van der Waals surface area contributed by atoms with Crippen molar-refractivity contribution in [3.05, 3.63) is 62.2 Å². The first-order valence-electron chi connectivity index (χ1n) is 6.81. The number of aromatic nitrogens is 1. The Balaban J connectivity index is 1.76. The molecule has 0 aliphatic carbocycles. The molecule has 0 radical (unpaired) electrons. The summed E-state index contributed by atoms with van der Waals surface area (Å²) in [7, 11) is 0. The van der Waals surface area contributed by atoms with Crippen molar-refractivity contribution in [1.82, 2.24) is 10.3 Å². The molecule has 3 nitrogen and oxygen atoms in total. The Hall–Kier alpha value is -1.33. The molecule has 0 atom stereocenters. The van der Waals surface area contributed by atoms with Gasteiger partial charge in [-0.2, -0.15) is 0 Å². The molecule has 0 aliphatic rings. The molecule has 0 bridgehead atoms. The van der Waals surface area contributed by atoms with Crippen LogP contribution in [0.5, 0.6) is 0 Å². The van der Waals surface area contributed by atoms with Gasteiger partial charge in [0.15, 0.2) is 0 Å². The van der Waals surface area contributed by atoms with Crippen molar-refractivity contribution in [2.45, 2.75) is 6.42 Å². The second-order valence-corrected chi connectivity index (χ2v) is 7.11. The summed E-state index contributed by atoms with van der Waals surface area (Å²) >= 11 is 19.7. The molecule has 2 heterocycles. The highest BCUT2D eigenvalue weighted by Crippen LogP contribution is 2.41. The van der Waals surface area contributed by atoms with Gasteiger partial charge in [-0.25, -0.2) is 0 Å². The fourth-order valence-corrected chi connectivity index (χ4v) is 4.48. The van der Waals surface area contributed by atoms with Crippen molar-refractivity contribution in [2.75, 3.05) is 6.54 Å². The molecule has 1 aromatic carbocycles. The van der Waals surface area contributed by atoms with Crippen molar-refractivity contribution in [3.63, 3.8) is 0 Å². The van der Waals surface area contributed by atoms with Crippen molar-refractivity contribution < 1.29 is 4.79 Å². The van der Waals surface area contributed by atoms with Gasteiger partial charge in [0.1, 0.15) is 4.88 Å². The van der Waals surface area contributed by atoms with E-state index in [4.69, 9.17) is 34.8 Å². The first kappa shape index (κ1) is 16.5. The normalized spacial score (nSPS) is 10.9. The Morgan fingerprint density at radius 1 is 1.22 bits per heavy atom. The lowest BCUT2D eigenvalue weighted by Gasteiger charge is -2.03. The smallest absolute Gasteiger partial charge is 0.262 e. The molecule has 0 fully saturated rings. The second kappa shape index (κ2) is 7.05. The van der Waals surface area contributed by atoms with Crippen LogP contribution < -0.4 is 5.32 Å². The molecule has 0 saturated carbocycles. The summed E-state index contributed by atoms with van der Waals surface area (Å²) in [6, 6.07) is 9.06. The topological polar surface area (TPSA) is 42.0 Å². The Labute approximate surface area is 152 Å². The first-order chi connectivity index (χ1) is 11.1. The van der Waals surface area contributed by atoms with Gasteiger partial charge in [0.2, 0.25) is 0 Å². The van der Waals surface area contributed by atoms with E-state index in [-0.39, 0.29) is 5.91 Å². The van der Waals surface area contributed by atoms with Crippen molar-refractivity contribution in [2.24, 2.45) is 0 Å². The highest BCUT2D eigenvalue weighted by molar-refractivity contribution is 7.21.